The molecule has 5 heteroatoms. The topological polar surface area (TPSA) is 67.0 Å². The van der Waals surface area contributed by atoms with Gasteiger partial charge in [0.1, 0.15) is 18.2 Å². The van der Waals surface area contributed by atoms with Crippen molar-refractivity contribution in [3.63, 3.8) is 0 Å². The van der Waals surface area contributed by atoms with E-state index in [9.17, 15) is 4.79 Å². The minimum Gasteiger partial charge on any atom is -0.490 e. The monoisotopic (exact) mass is 271 g/mol. The molecule has 1 heterocycles. The molecule has 2 rings (SSSR count). The molecule has 0 atom stereocenters. The number of hydrogen-bond acceptors (Lipinski definition) is 3. The molecular weight excluding hydrogens is 254 g/mol. The summed E-state index contributed by atoms with van der Waals surface area (Å²) in [5.74, 6) is 1.47. The Balaban J connectivity index is 1.81. The Morgan fingerprint density at radius 2 is 2.20 bits per heavy atom. The maximum atomic E-state index is 11.9. The largest absolute Gasteiger partial charge is 0.490 e. The summed E-state index contributed by atoms with van der Waals surface area (Å²) in [6, 6.07) is 7.01. The van der Waals surface area contributed by atoms with Crippen molar-refractivity contribution < 1.29 is 9.53 Å². The number of nitrogens with one attached hydrogen (secondary N) is 2. The van der Waals surface area contributed by atoms with E-state index < -0.39 is 0 Å². The van der Waals surface area contributed by atoms with Crippen molar-refractivity contribution in [3.8, 4) is 5.75 Å². The predicted molar refractivity (Wildman–Crippen MR) is 76.8 cm³/mol. The molecular formula is C15H17N3O2. The Morgan fingerprint density at radius 1 is 1.40 bits per heavy atom. The fourth-order valence-electron chi connectivity index (χ4n) is 1.69. The van der Waals surface area contributed by atoms with Gasteiger partial charge in [0.25, 0.3) is 5.91 Å². The van der Waals surface area contributed by atoms with Crippen LogP contribution in [0.2, 0.25) is 0 Å². The number of carbonyl (C=O) groups excluding carboxylic acids is 1. The minimum atomic E-state index is -0.105. The molecule has 0 aliphatic rings. The van der Waals surface area contributed by atoms with Gasteiger partial charge in [-0.05, 0) is 24.3 Å². The Labute approximate surface area is 117 Å². The highest BCUT2D eigenvalue weighted by Crippen LogP contribution is 2.12. The predicted octanol–water partition coefficient (Wildman–Crippen LogP) is 1.95. The Bertz CT molecular complexity index is 547. The van der Waals surface area contributed by atoms with Crippen LogP contribution in [-0.4, -0.2) is 29.0 Å². The van der Waals surface area contributed by atoms with Crippen molar-refractivity contribution in [1.82, 2.24) is 15.3 Å². The van der Waals surface area contributed by atoms with Gasteiger partial charge in [-0.2, -0.15) is 0 Å². The quantitative estimate of drug-likeness (QED) is 0.756. The van der Waals surface area contributed by atoms with Gasteiger partial charge in [-0.1, -0.05) is 12.7 Å². The molecule has 0 aliphatic carbocycles. The molecule has 5 nitrogen and oxygen atoms in total. The molecule has 0 spiro atoms. The van der Waals surface area contributed by atoms with Crippen LogP contribution in [0.25, 0.3) is 0 Å². The number of H-pyrrole nitrogens is 1. The molecule has 0 saturated heterocycles. The third kappa shape index (κ3) is 3.98. The lowest BCUT2D eigenvalue weighted by molar-refractivity contribution is 0.0954. The summed E-state index contributed by atoms with van der Waals surface area (Å²) in [4.78, 5) is 19.0. The molecule has 0 radical (unpaired) electrons. The van der Waals surface area contributed by atoms with E-state index in [1.165, 1.54) is 0 Å². The Kier molecular flexibility index (Phi) is 4.94. The van der Waals surface area contributed by atoms with Crippen LogP contribution in [0, 0.1) is 0 Å². The molecule has 2 N–H and O–H groups in total. The van der Waals surface area contributed by atoms with Gasteiger partial charge in [0, 0.05) is 30.9 Å². The standard InChI is InChI=1S/C15H17N3O2/c1-2-11-20-13-5-3-12(4-6-13)15(19)18-8-7-14-16-9-10-17-14/h2-6,9-10H,1,7-8,11H2,(H,16,17)(H,18,19). The van der Waals surface area contributed by atoms with Crippen LogP contribution in [0.15, 0.2) is 49.3 Å². The molecule has 1 aromatic heterocycles. The molecule has 0 unspecified atom stereocenters. The maximum absolute atomic E-state index is 11.9. The number of rotatable bonds is 7. The average molecular weight is 271 g/mol. The first-order chi connectivity index (χ1) is 9.79. The number of aromatic nitrogens is 2. The van der Waals surface area contributed by atoms with Crippen molar-refractivity contribution in [2.75, 3.05) is 13.2 Å². The van der Waals surface area contributed by atoms with E-state index in [4.69, 9.17) is 4.74 Å². The van der Waals surface area contributed by atoms with E-state index in [-0.39, 0.29) is 5.91 Å². The van der Waals surface area contributed by atoms with Crippen molar-refractivity contribution in [3.05, 3.63) is 60.7 Å². The van der Waals surface area contributed by atoms with Gasteiger partial charge >= 0.3 is 0 Å². The normalized spacial score (nSPS) is 10.0. The second-order valence-corrected chi connectivity index (χ2v) is 4.17. The maximum Gasteiger partial charge on any atom is 0.251 e. The van der Waals surface area contributed by atoms with Gasteiger partial charge in [-0.15, -0.1) is 0 Å². The second-order valence-electron chi connectivity index (χ2n) is 4.17. The van der Waals surface area contributed by atoms with Crippen LogP contribution in [0.5, 0.6) is 5.75 Å². The summed E-state index contributed by atoms with van der Waals surface area (Å²) in [5, 5.41) is 2.84. The summed E-state index contributed by atoms with van der Waals surface area (Å²) in [7, 11) is 0. The van der Waals surface area contributed by atoms with E-state index in [2.05, 4.69) is 21.9 Å². The van der Waals surface area contributed by atoms with E-state index in [0.29, 0.717) is 25.1 Å². The summed E-state index contributed by atoms with van der Waals surface area (Å²) in [6.07, 6.45) is 5.81. The van der Waals surface area contributed by atoms with Crippen LogP contribution >= 0.6 is 0 Å². The smallest absolute Gasteiger partial charge is 0.251 e. The van der Waals surface area contributed by atoms with Crippen LogP contribution in [-0.2, 0) is 6.42 Å². The number of nitrogens with zero attached hydrogens (tertiary/aromatic N) is 1. The number of aromatic amines is 1. The number of hydrogen-bond donors (Lipinski definition) is 2. The summed E-state index contributed by atoms with van der Waals surface area (Å²) in [5.41, 5.74) is 0.607. The van der Waals surface area contributed by atoms with E-state index in [0.717, 1.165) is 11.6 Å². The third-order valence-electron chi connectivity index (χ3n) is 2.69. The molecule has 0 saturated carbocycles. The van der Waals surface area contributed by atoms with E-state index >= 15 is 0 Å². The summed E-state index contributed by atoms with van der Waals surface area (Å²) in [6.45, 7) is 4.58. The summed E-state index contributed by atoms with van der Waals surface area (Å²) < 4.78 is 5.36. The van der Waals surface area contributed by atoms with Crippen LogP contribution in [0.1, 0.15) is 16.2 Å². The molecule has 20 heavy (non-hydrogen) atoms. The number of imidazole rings is 1. The number of ether oxygens (including phenoxy) is 1. The second kappa shape index (κ2) is 7.13. The Morgan fingerprint density at radius 3 is 2.85 bits per heavy atom. The van der Waals surface area contributed by atoms with Crippen molar-refractivity contribution in [2.45, 2.75) is 6.42 Å². The van der Waals surface area contributed by atoms with Crippen LogP contribution in [0.3, 0.4) is 0 Å². The van der Waals surface area contributed by atoms with E-state index in [1.807, 2.05) is 0 Å². The van der Waals surface area contributed by atoms with Gasteiger partial charge in [-0.25, -0.2) is 4.98 Å². The number of carbonyl (C=O) groups is 1. The molecule has 0 fully saturated rings. The Hall–Kier alpha value is -2.56. The highest BCUT2D eigenvalue weighted by Gasteiger charge is 2.05. The molecule has 104 valence electrons. The molecule has 2 aromatic rings. The van der Waals surface area contributed by atoms with Gasteiger partial charge in [0.15, 0.2) is 0 Å². The lowest BCUT2D eigenvalue weighted by atomic mass is 10.2. The average Bonchev–Trinajstić information content (AvgIpc) is 2.99. The first kappa shape index (κ1) is 13.9. The van der Waals surface area contributed by atoms with Gasteiger partial charge in [0.05, 0.1) is 0 Å². The fraction of sp³-hybridized carbons (Fsp3) is 0.200. The summed E-state index contributed by atoms with van der Waals surface area (Å²) >= 11 is 0. The van der Waals surface area contributed by atoms with Gasteiger partial charge < -0.3 is 15.0 Å². The highest BCUT2D eigenvalue weighted by molar-refractivity contribution is 5.94. The number of amides is 1. The zero-order valence-electron chi connectivity index (χ0n) is 11.1. The molecule has 0 bridgehead atoms. The van der Waals surface area contributed by atoms with Crippen molar-refractivity contribution in [2.24, 2.45) is 0 Å². The van der Waals surface area contributed by atoms with Crippen molar-refractivity contribution >= 4 is 5.91 Å². The lowest BCUT2D eigenvalue weighted by Gasteiger charge is -2.06. The third-order valence-corrected chi connectivity index (χ3v) is 2.69. The van der Waals surface area contributed by atoms with Gasteiger partial charge in [0.2, 0.25) is 0 Å². The first-order valence-electron chi connectivity index (χ1n) is 6.40. The lowest BCUT2D eigenvalue weighted by Crippen LogP contribution is -2.25. The van der Waals surface area contributed by atoms with Crippen LogP contribution < -0.4 is 10.1 Å². The van der Waals surface area contributed by atoms with Gasteiger partial charge in [-0.3, -0.25) is 4.79 Å². The SMILES string of the molecule is C=CCOc1ccc(C(=O)NCCc2ncc[nH]2)cc1. The highest BCUT2D eigenvalue weighted by atomic mass is 16.5. The minimum absolute atomic E-state index is 0.105. The van der Waals surface area contributed by atoms with E-state index in [1.54, 1.807) is 42.7 Å². The number of benzene rings is 1. The zero-order chi connectivity index (χ0) is 14.2. The molecule has 0 aliphatic heterocycles. The van der Waals surface area contributed by atoms with Crippen molar-refractivity contribution in [1.29, 1.82) is 0 Å². The molecule has 1 aromatic carbocycles. The fourth-order valence-corrected chi connectivity index (χ4v) is 1.69. The molecule has 1 amide bonds. The first-order valence-corrected chi connectivity index (χ1v) is 6.40. The van der Waals surface area contributed by atoms with Crippen LogP contribution in [0.4, 0.5) is 0 Å². The zero-order valence-corrected chi connectivity index (χ0v) is 11.1.